The van der Waals surface area contributed by atoms with Crippen molar-refractivity contribution < 1.29 is 22.7 Å². The number of hydrogen-bond acceptors (Lipinski definition) is 7. The number of hydrogen-bond donors (Lipinski definition) is 3. The van der Waals surface area contributed by atoms with Crippen LogP contribution in [0.2, 0.25) is 0 Å². The zero-order valence-corrected chi connectivity index (χ0v) is 29.3. The largest absolute Gasteiger partial charge is 0.496 e. The zero-order valence-electron chi connectivity index (χ0n) is 29.3. The van der Waals surface area contributed by atoms with Crippen molar-refractivity contribution in [2.24, 2.45) is 17.3 Å². The summed E-state index contributed by atoms with van der Waals surface area (Å²) in [4.78, 5) is 24.9. The van der Waals surface area contributed by atoms with Crippen LogP contribution >= 0.6 is 0 Å². The number of anilines is 2. The smallest absolute Gasteiger partial charge is 0.416 e. The molecule has 1 saturated heterocycles. The molecule has 2 aromatic carbocycles. The molecular weight excluding hydrogens is 629 g/mol. The summed E-state index contributed by atoms with van der Waals surface area (Å²) in [6.07, 6.45) is 6.47. The highest BCUT2D eigenvalue weighted by atomic mass is 19.4. The zero-order chi connectivity index (χ0) is 34.9. The minimum atomic E-state index is -4.50. The second kappa shape index (κ2) is 14.3. The fourth-order valence-electron chi connectivity index (χ4n) is 8.64. The molecule has 3 aliphatic rings. The number of carbonyl (C=O) groups excluding carboxylic acids is 1. The van der Waals surface area contributed by atoms with E-state index in [2.05, 4.69) is 26.7 Å². The van der Waals surface area contributed by atoms with Crippen molar-refractivity contribution in [2.45, 2.75) is 96.2 Å². The molecule has 1 spiro atoms. The van der Waals surface area contributed by atoms with Crippen LogP contribution in [0, 0.1) is 24.2 Å². The van der Waals surface area contributed by atoms with Gasteiger partial charge in [-0.05, 0) is 144 Å². The van der Waals surface area contributed by atoms with Crippen molar-refractivity contribution in [3.63, 3.8) is 0 Å². The number of amides is 1. The van der Waals surface area contributed by atoms with Crippen molar-refractivity contribution in [2.75, 3.05) is 44.8 Å². The Hall–Kier alpha value is -3.60. The number of piperidine rings is 1. The van der Waals surface area contributed by atoms with Crippen molar-refractivity contribution in [1.29, 1.82) is 0 Å². The standard InChI is InChI=1S/C38H51F3N6O2/c1-23(28-17-29(38(39,40)41)19-30(42)18-28)44-35-32-20-31(34(49-4)21-33(32)45-24(2)46-35)26-5-7-27(8-6-26)36(48)47(3)22-25-9-11-37(12-10-25)13-15-43-16-14-37/h17-21,23,25-27,43H,5-16,22,42H2,1-4H3,(H,44,45,46)/t23-,26?,27?/m1/s1. The molecule has 3 fully saturated rings. The Bertz CT molecular complexity index is 1640. The van der Waals surface area contributed by atoms with E-state index in [1.165, 1.54) is 38.5 Å². The first-order valence-electron chi connectivity index (χ1n) is 17.9. The summed E-state index contributed by atoms with van der Waals surface area (Å²) < 4.78 is 46.4. The number of nitrogens with two attached hydrogens (primary N) is 1. The van der Waals surface area contributed by atoms with Gasteiger partial charge in [0.25, 0.3) is 0 Å². The van der Waals surface area contributed by atoms with Crippen LogP contribution in [0.4, 0.5) is 24.7 Å². The molecule has 2 aliphatic carbocycles. The predicted octanol–water partition coefficient (Wildman–Crippen LogP) is 8.01. The Balaban J connectivity index is 1.13. The molecule has 11 heteroatoms. The number of aromatic nitrogens is 2. The van der Waals surface area contributed by atoms with E-state index in [9.17, 15) is 18.0 Å². The lowest BCUT2D eigenvalue weighted by Crippen LogP contribution is -2.42. The van der Waals surface area contributed by atoms with E-state index in [0.717, 1.165) is 74.1 Å². The number of ether oxygens (including phenoxy) is 1. The lowest BCUT2D eigenvalue weighted by Gasteiger charge is -2.44. The third-order valence-corrected chi connectivity index (χ3v) is 11.6. The minimum absolute atomic E-state index is 0.0241. The molecule has 0 unspecified atom stereocenters. The van der Waals surface area contributed by atoms with Gasteiger partial charge in [0, 0.05) is 36.7 Å². The van der Waals surface area contributed by atoms with Crippen molar-refractivity contribution in [3.8, 4) is 5.75 Å². The van der Waals surface area contributed by atoms with Gasteiger partial charge in [-0.2, -0.15) is 13.2 Å². The number of nitrogen functional groups attached to an aromatic ring is 1. The molecule has 49 heavy (non-hydrogen) atoms. The van der Waals surface area contributed by atoms with E-state index in [-0.39, 0.29) is 23.4 Å². The SMILES string of the molecule is COc1cc2nc(C)nc(N[C@H](C)c3cc(N)cc(C(F)(F)F)c3)c2cc1C1CCC(C(=O)N(C)CC2CCC3(CCNCC3)CC2)CC1. The van der Waals surface area contributed by atoms with Crippen LogP contribution in [0.15, 0.2) is 30.3 Å². The molecule has 2 saturated carbocycles. The molecule has 1 atom stereocenters. The van der Waals surface area contributed by atoms with Crippen LogP contribution in [0.1, 0.15) is 106 Å². The molecule has 6 rings (SSSR count). The first kappa shape index (κ1) is 35.2. The van der Waals surface area contributed by atoms with Crippen LogP contribution in [0.5, 0.6) is 5.75 Å². The molecule has 8 nitrogen and oxygen atoms in total. The Morgan fingerprint density at radius 3 is 2.39 bits per heavy atom. The predicted molar refractivity (Wildman–Crippen MR) is 188 cm³/mol. The van der Waals surface area contributed by atoms with Gasteiger partial charge in [0.2, 0.25) is 5.91 Å². The highest BCUT2D eigenvalue weighted by Gasteiger charge is 2.38. The second-order valence-corrected chi connectivity index (χ2v) is 14.9. The van der Waals surface area contributed by atoms with Gasteiger partial charge in [-0.3, -0.25) is 4.79 Å². The molecule has 0 radical (unpaired) electrons. The number of rotatable bonds is 8. The molecule has 1 aromatic heterocycles. The van der Waals surface area contributed by atoms with E-state index in [4.69, 9.17) is 10.5 Å². The summed E-state index contributed by atoms with van der Waals surface area (Å²) in [6.45, 7) is 6.71. The topological polar surface area (TPSA) is 105 Å². The normalized spacial score (nSPS) is 22.2. The number of carbonyl (C=O) groups is 1. The molecule has 3 aromatic rings. The van der Waals surface area contributed by atoms with Crippen molar-refractivity contribution in [3.05, 3.63) is 52.8 Å². The fourth-order valence-corrected chi connectivity index (χ4v) is 8.64. The maximum Gasteiger partial charge on any atom is 0.416 e. The summed E-state index contributed by atoms with van der Waals surface area (Å²) >= 11 is 0. The van der Waals surface area contributed by atoms with Gasteiger partial charge >= 0.3 is 6.18 Å². The minimum Gasteiger partial charge on any atom is -0.496 e. The molecule has 4 N–H and O–H groups in total. The molecule has 0 bridgehead atoms. The first-order chi connectivity index (χ1) is 23.3. The third-order valence-electron chi connectivity index (χ3n) is 11.6. The average Bonchev–Trinajstić information content (AvgIpc) is 3.08. The second-order valence-electron chi connectivity index (χ2n) is 14.9. The van der Waals surface area contributed by atoms with Gasteiger partial charge in [-0.25, -0.2) is 9.97 Å². The maximum absolute atomic E-state index is 13.6. The number of alkyl halides is 3. The molecule has 266 valence electrons. The summed E-state index contributed by atoms with van der Waals surface area (Å²) in [7, 11) is 3.64. The Kier molecular flexibility index (Phi) is 10.3. The third kappa shape index (κ3) is 7.92. The van der Waals surface area contributed by atoms with E-state index in [1.54, 1.807) is 27.0 Å². The van der Waals surface area contributed by atoms with Gasteiger partial charge in [0.05, 0.1) is 24.2 Å². The highest BCUT2D eigenvalue weighted by Crippen LogP contribution is 2.46. The van der Waals surface area contributed by atoms with Crippen LogP contribution in [0.3, 0.4) is 0 Å². The summed E-state index contributed by atoms with van der Waals surface area (Å²) in [5, 5.41) is 7.60. The molecular formula is C38H51F3N6O2. The number of fused-ring (bicyclic) bond motifs is 1. The number of nitrogens with one attached hydrogen (secondary N) is 2. The summed E-state index contributed by atoms with van der Waals surface area (Å²) in [6, 6.07) is 7.08. The van der Waals surface area contributed by atoms with E-state index in [0.29, 0.717) is 34.1 Å². The summed E-state index contributed by atoms with van der Waals surface area (Å²) in [5.41, 5.74) is 7.78. The Morgan fingerprint density at radius 1 is 1.04 bits per heavy atom. The molecule has 1 aliphatic heterocycles. The maximum atomic E-state index is 13.6. The number of benzene rings is 2. The van der Waals surface area contributed by atoms with Gasteiger partial charge in [-0.1, -0.05) is 0 Å². The van der Waals surface area contributed by atoms with Crippen LogP contribution in [0.25, 0.3) is 10.9 Å². The van der Waals surface area contributed by atoms with Crippen molar-refractivity contribution in [1.82, 2.24) is 20.2 Å². The number of methoxy groups -OCH3 is 1. The van der Waals surface area contributed by atoms with E-state index < -0.39 is 17.8 Å². The number of nitrogens with zero attached hydrogens (tertiary/aromatic N) is 3. The van der Waals surface area contributed by atoms with Crippen molar-refractivity contribution >= 4 is 28.3 Å². The molecule has 2 heterocycles. The van der Waals surface area contributed by atoms with Gasteiger partial charge < -0.3 is 26.0 Å². The van der Waals surface area contributed by atoms with Gasteiger partial charge in [-0.15, -0.1) is 0 Å². The van der Waals surface area contributed by atoms with Gasteiger partial charge in [0.1, 0.15) is 17.4 Å². The van der Waals surface area contributed by atoms with Crippen LogP contribution in [-0.2, 0) is 11.0 Å². The highest BCUT2D eigenvalue weighted by molar-refractivity contribution is 5.91. The van der Waals surface area contributed by atoms with E-state index in [1.807, 2.05) is 18.0 Å². The molecule has 1 amide bonds. The fraction of sp³-hybridized carbons (Fsp3) is 0.605. The lowest BCUT2D eigenvalue weighted by molar-refractivity contribution is -0.137. The van der Waals surface area contributed by atoms with Gasteiger partial charge in [0.15, 0.2) is 0 Å². The number of aryl methyl sites for hydroxylation is 1. The monoisotopic (exact) mass is 680 g/mol. The van der Waals surface area contributed by atoms with Crippen LogP contribution < -0.4 is 21.1 Å². The number of halogens is 3. The summed E-state index contributed by atoms with van der Waals surface area (Å²) in [5.74, 6) is 2.89. The first-order valence-corrected chi connectivity index (χ1v) is 17.9. The van der Waals surface area contributed by atoms with E-state index >= 15 is 0 Å². The van der Waals surface area contributed by atoms with Crippen LogP contribution in [-0.4, -0.2) is 54.6 Å². The Morgan fingerprint density at radius 2 is 1.73 bits per heavy atom. The Labute approximate surface area is 287 Å². The quantitative estimate of drug-likeness (QED) is 0.207. The lowest BCUT2D eigenvalue weighted by atomic mass is 9.65. The average molecular weight is 681 g/mol.